The third kappa shape index (κ3) is 2.74. The molecule has 0 radical (unpaired) electrons. The molecule has 7 nitrogen and oxygen atoms in total. The van der Waals surface area contributed by atoms with Gasteiger partial charge in [0.2, 0.25) is 5.13 Å². The van der Waals surface area contributed by atoms with E-state index in [2.05, 4.69) is 10.1 Å². The summed E-state index contributed by atoms with van der Waals surface area (Å²) >= 11 is 1.29. The number of aromatic nitrogens is 1. The van der Waals surface area contributed by atoms with Gasteiger partial charge in [0.25, 0.3) is 5.72 Å². The number of hydrogen-bond donors (Lipinski definition) is 1. The zero-order chi connectivity index (χ0) is 17.3. The van der Waals surface area contributed by atoms with Gasteiger partial charge < -0.3 is 14.6 Å². The van der Waals surface area contributed by atoms with E-state index in [0.29, 0.717) is 10.8 Å². The number of anilines is 1. The van der Waals surface area contributed by atoms with Gasteiger partial charge >= 0.3 is 5.97 Å². The van der Waals surface area contributed by atoms with Gasteiger partial charge in [-0.15, -0.1) is 11.3 Å². The molecule has 0 saturated heterocycles. The molecular weight excluding hydrogens is 330 g/mol. The van der Waals surface area contributed by atoms with Gasteiger partial charge in [-0.3, -0.25) is 0 Å². The van der Waals surface area contributed by atoms with Crippen molar-refractivity contribution >= 4 is 28.1 Å². The van der Waals surface area contributed by atoms with Crippen LogP contribution in [0.5, 0.6) is 5.75 Å². The number of aliphatic hydroxyl groups is 1. The largest absolute Gasteiger partial charge is 0.497 e. The average molecular weight is 347 g/mol. The lowest BCUT2D eigenvalue weighted by molar-refractivity contribution is -0.160. The van der Waals surface area contributed by atoms with Crippen molar-refractivity contribution in [1.29, 1.82) is 0 Å². The topological polar surface area (TPSA) is 84.3 Å². The van der Waals surface area contributed by atoms with Gasteiger partial charge in [-0.1, -0.05) is 0 Å². The van der Waals surface area contributed by atoms with Gasteiger partial charge in [-0.25, -0.2) is 9.78 Å². The van der Waals surface area contributed by atoms with Crippen molar-refractivity contribution in [2.75, 3.05) is 19.2 Å². The number of carbonyl (C=O) groups excluding carboxylic acids is 1. The predicted molar refractivity (Wildman–Crippen MR) is 91.3 cm³/mol. The van der Waals surface area contributed by atoms with Crippen LogP contribution in [0.3, 0.4) is 0 Å². The fourth-order valence-electron chi connectivity index (χ4n) is 2.50. The van der Waals surface area contributed by atoms with Crippen molar-refractivity contribution in [3.05, 3.63) is 29.6 Å². The van der Waals surface area contributed by atoms with Crippen LogP contribution < -0.4 is 9.75 Å². The van der Waals surface area contributed by atoms with Crippen LogP contribution in [0.25, 0.3) is 11.3 Å². The average Bonchev–Trinajstić information content (AvgIpc) is 3.19. The number of rotatable bonds is 4. The second kappa shape index (κ2) is 6.21. The zero-order valence-electron chi connectivity index (χ0n) is 13.5. The zero-order valence-corrected chi connectivity index (χ0v) is 14.3. The Labute approximate surface area is 143 Å². The van der Waals surface area contributed by atoms with E-state index < -0.39 is 11.7 Å². The van der Waals surface area contributed by atoms with Gasteiger partial charge in [0.05, 0.1) is 19.9 Å². The van der Waals surface area contributed by atoms with Crippen LogP contribution in [0.15, 0.2) is 34.7 Å². The summed E-state index contributed by atoms with van der Waals surface area (Å²) in [7, 11) is 2.84. The summed E-state index contributed by atoms with van der Waals surface area (Å²) in [5.41, 5.74) is 0.405. The first kappa shape index (κ1) is 16.4. The number of esters is 1. The van der Waals surface area contributed by atoms with Crippen molar-refractivity contribution in [3.63, 3.8) is 0 Å². The summed E-state index contributed by atoms with van der Waals surface area (Å²) in [5, 5.41) is 18.4. The fraction of sp³-hybridized carbons (Fsp3) is 0.312. The van der Waals surface area contributed by atoms with Gasteiger partial charge in [0.1, 0.15) is 5.75 Å². The summed E-state index contributed by atoms with van der Waals surface area (Å²) in [6.07, 6.45) is 0.0805. The normalized spacial score (nSPS) is 20.0. The minimum absolute atomic E-state index is 0.0805. The maximum Gasteiger partial charge on any atom is 0.361 e. The molecule has 1 aliphatic rings. The Bertz CT molecular complexity index is 787. The molecule has 1 aromatic heterocycles. The maximum atomic E-state index is 12.0. The van der Waals surface area contributed by atoms with Crippen molar-refractivity contribution in [2.45, 2.75) is 19.1 Å². The number of benzene rings is 1. The number of hydrazone groups is 1. The molecule has 1 aliphatic heterocycles. The quantitative estimate of drug-likeness (QED) is 0.854. The van der Waals surface area contributed by atoms with E-state index >= 15 is 0 Å². The third-order valence-electron chi connectivity index (χ3n) is 3.69. The first-order valence-electron chi connectivity index (χ1n) is 7.23. The van der Waals surface area contributed by atoms with Gasteiger partial charge in [0, 0.05) is 23.1 Å². The Balaban J connectivity index is 1.92. The molecule has 1 N–H and O–H groups in total. The number of thiazole rings is 1. The Kier molecular flexibility index (Phi) is 4.25. The van der Waals surface area contributed by atoms with Crippen LogP contribution >= 0.6 is 11.3 Å². The minimum Gasteiger partial charge on any atom is -0.497 e. The van der Waals surface area contributed by atoms with E-state index in [1.165, 1.54) is 23.5 Å². The standard InChI is InChI=1S/C16H17N3O4S/c1-10-8-16(21,14(20)23-3)19(18-10)15-17-13(9-24-15)11-4-6-12(22-2)7-5-11/h4-7,9,21H,8H2,1-3H3. The van der Waals surface area contributed by atoms with Gasteiger partial charge in [-0.05, 0) is 31.2 Å². The molecule has 1 aromatic carbocycles. The Morgan fingerprint density at radius 2 is 2.04 bits per heavy atom. The summed E-state index contributed by atoms with van der Waals surface area (Å²) in [6.45, 7) is 1.74. The van der Waals surface area contributed by atoms with Crippen LogP contribution in [-0.4, -0.2) is 41.7 Å². The van der Waals surface area contributed by atoms with Crippen molar-refractivity contribution in [2.24, 2.45) is 5.10 Å². The van der Waals surface area contributed by atoms with E-state index in [1.54, 1.807) is 14.0 Å². The lowest BCUT2D eigenvalue weighted by atomic mass is 10.1. The van der Waals surface area contributed by atoms with Crippen LogP contribution in [0.2, 0.25) is 0 Å². The molecule has 0 saturated carbocycles. The Hall–Kier alpha value is -2.45. The molecule has 0 amide bonds. The smallest absolute Gasteiger partial charge is 0.361 e. The molecule has 8 heteroatoms. The minimum atomic E-state index is -1.85. The van der Waals surface area contributed by atoms with Crippen molar-refractivity contribution in [3.8, 4) is 17.0 Å². The van der Waals surface area contributed by atoms with Crippen LogP contribution in [-0.2, 0) is 9.53 Å². The predicted octanol–water partition coefficient (Wildman–Crippen LogP) is 2.27. The number of ether oxygens (including phenoxy) is 2. The molecule has 0 bridgehead atoms. The SMILES string of the molecule is COC(=O)C1(O)CC(C)=NN1c1nc(-c2ccc(OC)cc2)cs1. The summed E-state index contributed by atoms with van der Waals surface area (Å²) in [6, 6.07) is 7.47. The number of nitrogens with zero attached hydrogens (tertiary/aromatic N) is 3. The van der Waals surface area contributed by atoms with E-state index in [-0.39, 0.29) is 6.42 Å². The fourth-order valence-corrected chi connectivity index (χ4v) is 3.35. The third-order valence-corrected chi connectivity index (χ3v) is 4.51. The Morgan fingerprint density at radius 1 is 1.33 bits per heavy atom. The van der Waals surface area contributed by atoms with Crippen molar-refractivity contribution in [1.82, 2.24) is 4.98 Å². The highest BCUT2D eigenvalue weighted by atomic mass is 32.1. The Morgan fingerprint density at radius 3 is 2.67 bits per heavy atom. The highest BCUT2D eigenvalue weighted by Gasteiger charge is 2.49. The highest BCUT2D eigenvalue weighted by Crippen LogP contribution is 2.36. The lowest BCUT2D eigenvalue weighted by Gasteiger charge is -2.27. The lowest BCUT2D eigenvalue weighted by Crippen LogP contribution is -2.50. The van der Waals surface area contributed by atoms with Crippen LogP contribution in [0.4, 0.5) is 5.13 Å². The number of hydrogen-bond acceptors (Lipinski definition) is 8. The first-order chi connectivity index (χ1) is 11.5. The highest BCUT2D eigenvalue weighted by molar-refractivity contribution is 7.14. The van der Waals surface area contributed by atoms with Crippen LogP contribution in [0.1, 0.15) is 13.3 Å². The summed E-state index contributed by atoms with van der Waals surface area (Å²) < 4.78 is 9.85. The molecule has 0 aliphatic carbocycles. The van der Waals surface area contributed by atoms with Crippen LogP contribution in [0, 0.1) is 0 Å². The monoisotopic (exact) mass is 347 g/mol. The second-order valence-electron chi connectivity index (χ2n) is 5.38. The molecule has 0 fully saturated rings. The van der Waals surface area contributed by atoms with Gasteiger partial charge in [-0.2, -0.15) is 10.1 Å². The maximum absolute atomic E-state index is 12.0. The first-order valence-corrected chi connectivity index (χ1v) is 8.11. The number of methoxy groups -OCH3 is 2. The molecule has 1 unspecified atom stereocenters. The second-order valence-corrected chi connectivity index (χ2v) is 6.21. The van der Waals surface area contributed by atoms with E-state index in [1.807, 2.05) is 29.6 Å². The van der Waals surface area contributed by atoms with E-state index in [9.17, 15) is 9.90 Å². The van der Waals surface area contributed by atoms with Crippen molar-refractivity contribution < 1.29 is 19.4 Å². The molecule has 3 rings (SSSR count). The molecule has 24 heavy (non-hydrogen) atoms. The molecule has 2 heterocycles. The summed E-state index contributed by atoms with van der Waals surface area (Å²) in [4.78, 5) is 16.5. The van der Waals surface area contributed by atoms with E-state index in [0.717, 1.165) is 17.0 Å². The molecule has 2 aromatic rings. The van der Waals surface area contributed by atoms with Gasteiger partial charge in [0.15, 0.2) is 0 Å². The molecular formula is C16H17N3O4S. The molecule has 1 atom stereocenters. The summed E-state index contributed by atoms with van der Waals surface area (Å²) in [5.74, 6) is -0.00154. The number of carbonyl (C=O) groups is 1. The molecule has 0 spiro atoms. The molecule has 126 valence electrons. The van der Waals surface area contributed by atoms with E-state index in [4.69, 9.17) is 9.47 Å².